The van der Waals surface area contributed by atoms with E-state index in [2.05, 4.69) is 57.1 Å². The Labute approximate surface area is 164 Å². The van der Waals surface area contributed by atoms with E-state index < -0.39 is 0 Å². The van der Waals surface area contributed by atoms with Crippen LogP contribution in [0.3, 0.4) is 0 Å². The summed E-state index contributed by atoms with van der Waals surface area (Å²) >= 11 is 0. The summed E-state index contributed by atoms with van der Waals surface area (Å²) in [7, 11) is 2.11. The molecule has 0 saturated heterocycles. The fraction of sp³-hybridized carbons (Fsp3) is 0.227. The third-order valence-corrected chi connectivity index (χ3v) is 5.27. The van der Waals surface area contributed by atoms with Crippen molar-refractivity contribution in [3.63, 3.8) is 0 Å². The van der Waals surface area contributed by atoms with Crippen molar-refractivity contribution in [3.8, 4) is 11.3 Å². The van der Waals surface area contributed by atoms with Crippen LogP contribution in [0.1, 0.15) is 22.5 Å². The second-order valence-corrected chi connectivity index (χ2v) is 7.31. The van der Waals surface area contributed by atoms with Gasteiger partial charge in [0.1, 0.15) is 0 Å². The minimum atomic E-state index is 0.681. The van der Waals surface area contributed by atoms with Gasteiger partial charge in [0.05, 0.1) is 17.9 Å². The Kier molecular flexibility index (Phi) is 4.25. The molecule has 1 aliphatic heterocycles. The van der Waals surface area contributed by atoms with Gasteiger partial charge in [-0.05, 0) is 35.9 Å². The van der Waals surface area contributed by atoms with E-state index >= 15 is 0 Å². The summed E-state index contributed by atoms with van der Waals surface area (Å²) in [5, 5.41) is 4.93. The first-order valence-corrected chi connectivity index (χ1v) is 9.48. The number of pyridine rings is 2. The molecule has 0 aliphatic carbocycles. The van der Waals surface area contributed by atoms with Crippen molar-refractivity contribution in [2.24, 2.45) is 7.05 Å². The standard InChI is InChI=1S/C22H22N6/c1-26-11-7-20-21(26)16-27(12-17-5-9-23-10-6-17)13-18-14-28(25-22(18)20)15-19-4-2-3-8-24-19/h2-11,14H,12-13,15-16H2,1H3. The molecule has 5 rings (SSSR count). The zero-order valence-corrected chi connectivity index (χ0v) is 15.9. The monoisotopic (exact) mass is 370 g/mol. The maximum Gasteiger partial charge on any atom is 0.0986 e. The van der Waals surface area contributed by atoms with Gasteiger partial charge in [0.15, 0.2) is 0 Å². The summed E-state index contributed by atoms with van der Waals surface area (Å²) < 4.78 is 4.22. The Morgan fingerprint density at radius 2 is 1.86 bits per heavy atom. The highest BCUT2D eigenvalue weighted by Gasteiger charge is 2.24. The predicted octanol–water partition coefficient (Wildman–Crippen LogP) is 3.24. The second-order valence-electron chi connectivity index (χ2n) is 7.31. The van der Waals surface area contributed by atoms with Gasteiger partial charge >= 0.3 is 0 Å². The Morgan fingerprint density at radius 3 is 2.68 bits per heavy atom. The second kappa shape index (κ2) is 7.05. The van der Waals surface area contributed by atoms with Crippen molar-refractivity contribution in [3.05, 3.63) is 89.9 Å². The van der Waals surface area contributed by atoms with Gasteiger partial charge in [0, 0.05) is 74.5 Å². The normalized spacial score (nSPS) is 13.8. The van der Waals surface area contributed by atoms with Gasteiger partial charge in [-0.25, -0.2) is 0 Å². The zero-order chi connectivity index (χ0) is 18.9. The molecule has 1 aliphatic rings. The molecule has 0 atom stereocenters. The van der Waals surface area contributed by atoms with Gasteiger partial charge in [0.25, 0.3) is 0 Å². The first-order chi connectivity index (χ1) is 13.8. The molecule has 4 aromatic heterocycles. The topological polar surface area (TPSA) is 51.8 Å². The van der Waals surface area contributed by atoms with Crippen molar-refractivity contribution >= 4 is 0 Å². The molecule has 5 heterocycles. The summed E-state index contributed by atoms with van der Waals surface area (Å²) in [6.45, 7) is 3.34. The molecule has 0 bridgehead atoms. The first-order valence-electron chi connectivity index (χ1n) is 9.48. The number of hydrogen-bond donors (Lipinski definition) is 0. The molecule has 28 heavy (non-hydrogen) atoms. The molecule has 0 unspecified atom stereocenters. The highest BCUT2D eigenvalue weighted by Crippen LogP contribution is 2.32. The lowest BCUT2D eigenvalue weighted by Crippen LogP contribution is -2.22. The van der Waals surface area contributed by atoms with Crippen LogP contribution in [-0.4, -0.2) is 29.2 Å². The van der Waals surface area contributed by atoms with Gasteiger partial charge in [-0.2, -0.15) is 5.10 Å². The van der Waals surface area contributed by atoms with Gasteiger partial charge in [-0.3, -0.25) is 19.5 Å². The minimum absolute atomic E-state index is 0.681. The fourth-order valence-corrected chi connectivity index (χ4v) is 3.89. The lowest BCUT2D eigenvalue weighted by atomic mass is 10.1. The largest absolute Gasteiger partial charge is 0.353 e. The summed E-state index contributed by atoms with van der Waals surface area (Å²) in [5.74, 6) is 0. The Morgan fingerprint density at radius 1 is 0.964 bits per heavy atom. The van der Waals surface area contributed by atoms with Crippen LogP contribution >= 0.6 is 0 Å². The maximum atomic E-state index is 4.93. The van der Waals surface area contributed by atoms with Gasteiger partial charge in [-0.1, -0.05) is 6.07 Å². The molecule has 0 amide bonds. The molecule has 6 nitrogen and oxygen atoms in total. The van der Waals surface area contributed by atoms with Gasteiger partial charge < -0.3 is 4.57 Å². The van der Waals surface area contributed by atoms with Crippen LogP contribution < -0.4 is 0 Å². The minimum Gasteiger partial charge on any atom is -0.353 e. The predicted molar refractivity (Wildman–Crippen MR) is 107 cm³/mol. The van der Waals surface area contributed by atoms with Crippen LogP contribution in [0, 0.1) is 0 Å². The van der Waals surface area contributed by atoms with Crippen LogP contribution in [0.25, 0.3) is 11.3 Å². The molecule has 140 valence electrons. The van der Waals surface area contributed by atoms with Crippen LogP contribution in [0.2, 0.25) is 0 Å². The molecule has 0 fully saturated rings. The molecule has 6 heteroatoms. The van der Waals surface area contributed by atoms with Crippen molar-refractivity contribution < 1.29 is 0 Å². The van der Waals surface area contributed by atoms with Crippen LogP contribution in [0.4, 0.5) is 0 Å². The third kappa shape index (κ3) is 3.23. The van der Waals surface area contributed by atoms with E-state index in [1.165, 1.54) is 22.4 Å². The Bertz CT molecular complexity index is 1080. The summed E-state index contributed by atoms with van der Waals surface area (Å²) in [6, 6.07) is 12.3. The molecule has 0 radical (unpaired) electrons. The van der Waals surface area contributed by atoms with E-state index in [0.29, 0.717) is 6.54 Å². The summed E-state index contributed by atoms with van der Waals surface area (Å²) in [5.41, 5.74) is 7.17. The van der Waals surface area contributed by atoms with Gasteiger partial charge in [-0.15, -0.1) is 0 Å². The average Bonchev–Trinajstić information content (AvgIpc) is 3.23. The number of nitrogens with zero attached hydrogens (tertiary/aromatic N) is 6. The quantitative estimate of drug-likeness (QED) is 0.553. The van der Waals surface area contributed by atoms with E-state index in [4.69, 9.17) is 5.10 Å². The van der Waals surface area contributed by atoms with E-state index in [1.54, 1.807) is 0 Å². The van der Waals surface area contributed by atoms with E-state index in [-0.39, 0.29) is 0 Å². The number of hydrogen-bond acceptors (Lipinski definition) is 4. The lowest BCUT2D eigenvalue weighted by molar-refractivity contribution is 0.245. The Balaban J connectivity index is 1.50. The van der Waals surface area contributed by atoms with Crippen molar-refractivity contribution in [2.75, 3.05) is 0 Å². The highest BCUT2D eigenvalue weighted by atomic mass is 15.3. The van der Waals surface area contributed by atoms with Crippen LogP contribution in [-0.2, 0) is 33.2 Å². The number of aryl methyl sites for hydroxylation is 1. The zero-order valence-electron chi connectivity index (χ0n) is 15.9. The molecular weight excluding hydrogens is 348 g/mol. The van der Waals surface area contributed by atoms with Gasteiger partial charge in [0.2, 0.25) is 0 Å². The third-order valence-electron chi connectivity index (χ3n) is 5.27. The molecule has 0 spiro atoms. The van der Waals surface area contributed by atoms with E-state index in [0.717, 1.165) is 31.0 Å². The van der Waals surface area contributed by atoms with Crippen LogP contribution in [0.15, 0.2) is 67.4 Å². The number of fused-ring (bicyclic) bond motifs is 3. The van der Waals surface area contributed by atoms with E-state index in [1.807, 2.05) is 41.5 Å². The van der Waals surface area contributed by atoms with Crippen molar-refractivity contribution in [1.82, 2.24) is 29.2 Å². The number of aromatic nitrogens is 5. The first kappa shape index (κ1) is 16.9. The maximum absolute atomic E-state index is 4.93. The SMILES string of the molecule is Cn1ccc2c1CN(Cc1ccncc1)Cc1cn(Cc3ccccn3)nc1-2. The lowest BCUT2D eigenvalue weighted by Gasteiger charge is -2.21. The van der Waals surface area contributed by atoms with E-state index in [9.17, 15) is 0 Å². The highest BCUT2D eigenvalue weighted by molar-refractivity contribution is 5.66. The molecule has 4 aromatic rings. The molecular formula is C22H22N6. The average molecular weight is 370 g/mol. The van der Waals surface area contributed by atoms with Crippen molar-refractivity contribution in [1.29, 1.82) is 0 Å². The summed E-state index contributed by atoms with van der Waals surface area (Å²) in [6.07, 6.45) is 9.85. The molecule has 0 N–H and O–H groups in total. The molecule has 0 aromatic carbocycles. The summed E-state index contributed by atoms with van der Waals surface area (Å²) in [4.78, 5) is 11.0. The number of rotatable bonds is 4. The Hall–Kier alpha value is -3.25. The smallest absolute Gasteiger partial charge is 0.0986 e. The van der Waals surface area contributed by atoms with Crippen LogP contribution in [0.5, 0.6) is 0 Å². The fourth-order valence-electron chi connectivity index (χ4n) is 3.89. The van der Waals surface area contributed by atoms with Crippen molar-refractivity contribution in [2.45, 2.75) is 26.2 Å². The molecule has 0 saturated carbocycles.